The summed E-state index contributed by atoms with van der Waals surface area (Å²) in [6.07, 6.45) is 26.0. The predicted molar refractivity (Wildman–Crippen MR) is 120 cm³/mol. The molecule has 0 aromatic heterocycles. The van der Waals surface area contributed by atoms with Crippen molar-refractivity contribution in [1.29, 1.82) is 0 Å². The van der Waals surface area contributed by atoms with Crippen LogP contribution in [0.5, 0.6) is 0 Å². The molecule has 150 valence electrons. The molecule has 0 aromatic carbocycles. The van der Waals surface area contributed by atoms with E-state index in [1.807, 2.05) is 0 Å². The standard InChI is InChI=1S/C27H42/c1-5-26-25(18-17-24-13-7-6-11-22(24)3)14-9-19-27(26,4)20-21(2)10-8-12-23-15-16-23/h8,10,17-18,21,23,26H,3,5-7,9,11-16,19-20H2,1-2,4H3/b10-8+,24-17-,25-18+/t21-,26?,27-/m1/s1. The van der Waals surface area contributed by atoms with E-state index in [2.05, 4.69) is 51.7 Å². The van der Waals surface area contributed by atoms with E-state index >= 15 is 0 Å². The van der Waals surface area contributed by atoms with E-state index in [0.717, 1.165) is 11.8 Å². The normalized spacial score (nSPS) is 33.9. The fraction of sp³-hybridized carbons (Fsp3) is 0.704. The number of allylic oxidation sites excluding steroid dienone is 7. The van der Waals surface area contributed by atoms with E-state index in [1.54, 1.807) is 5.57 Å². The van der Waals surface area contributed by atoms with Crippen molar-refractivity contribution in [3.8, 4) is 0 Å². The lowest BCUT2D eigenvalue weighted by Gasteiger charge is -2.44. The maximum Gasteiger partial charge on any atom is -0.0149 e. The average Bonchev–Trinajstić information content (AvgIpc) is 3.45. The second-order valence-electron chi connectivity index (χ2n) is 10.0. The Balaban J connectivity index is 1.67. The molecular formula is C27H42. The lowest BCUT2D eigenvalue weighted by Crippen LogP contribution is -2.33. The van der Waals surface area contributed by atoms with Crippen molar-refractivity contribution in [2.75, 3.05) is 0 Å². The first kappa shape index (κ1) is 20.7. The Bertz CT molecular complexity index is 598. The van der Waals surface area contributed by atoms with E-state index in [9.17, 15) is 0 Å². The second kappa shape index (κ2) is 9.44. The highest BCUT2D eigenvalue weighted by Gasteiger charge is 2.38. The van der Waals surface area contributed by atoms with Gasteiger partial charge in [0.25, 0.3) is 0 Å². The lowest BCUT2D eigenvalue weighted by molar-refractivity contribution is 0.130. The van der Waals surface area contributed by atoms with E-state index in [0.29, 0.717) is 11.3 Å². The van der Waals surface area contributed by atoms with Crippen molar-refractivity contribution in [3.63, 3.8) is 0 Å². The van der Waals surface area contributed by atoms with Crippen LogP contribution >= 0.6 is 0 Å². The molecule has 0 aromatic rings. The maximum absolute atomic E-state index is 4.31. The van der Waals surface area contributed by atoms with Gasteiger partial charge in [-0.2, -0.15) is 0 Å². The minimum absolute atomic E-state index is 0.463. The molecule has 0 radical (unpaired) electrons. The molecule has 0 aliphatic heterocycles. The number of rotatable bonds is 7. The van der Waals surface area contributed by atoms with Gasteiger partial charge in [0, 0.05) is 0 Å². The zero-order valence-corrected chi connectivity index (χ0v) is 18.2. The predicted octanol–water partition coefficient (Wildman–Crippen LogP) is 8.57. The average molecular weight is 367 g/mol. The fourth-order valence-corrected chi connectivity index (χ4v) is 5.75. The third-order valence-corrected chi connectivity index (χ3v) is 7.46. The molecule has 0 heterocycles. The topological polar surface area (TPSA) is 0 Å². The van der Waals surface area contributed by atoms with Gasteiger partial charge in [0.15, 0.2) is 0 Å². The monoisotopic (exact) mass is 366 g/mol. The summed E-state index contributed by atoms with van der Waals surface area (Å²) < 4.78 is 0. The molecule has 0 saturated heterocycles. The van der Waals surface area contributed by atoms with E-state index in [1.165, 1.54) is 88.2 Å². The van der Waals surface area contributed by atoms with Crippen LogP contribution in [-0.4, -0.2) is 0 Å². The Morgan fingerprint density at radius 3 is 2.59 bits per heavy atom. The Morgan fingerprint density at radius 2 is 1.89 bits per heavy atom. The second-order valence-corrected chi connectivity index (χ2v) is 10.0. The molecule has 3 aliphatic rings. The lowest BCUT2D eigenvalue weighted by atomic mass is 9.61. The Morgan fingerprint density at radius 1 is 1.11 bits per heavy atom. The summed E-state index contributed by atoms with van der Waals surface area (Å²) in [7, 11) is 0. The summed E-state index contributed by atoms with van der Waals surface area (Å²) in [6, 6.07) is 0. The van der Waals surface area contributed by atoms with Crippen molar-refractivity contribution in [2.45, 2.75) is 97.8 Å². The van der Waals surface area contributed by atoms with Crippen LogP contribution in [0.1, 0.15) is 97.8 Å². The first-order valence-electron chi connectivity index (χ1n) is 11.8. The molecule has 27 heavy (non-hydrogen) atoms. The highest BCUT2D eigenvalue weighted by molar-refractivity contribution is 5.35. The minimum Gasteiger partial charge on any atom is -0.0956 e. The van der Waals surface area contributed by atoms with E-state index in [-0.39, 0.29) is 0 Å². The third kappa shape index (κ3) is 5.72. The van der Waals surface area contributed by atoms with Gasteiger partial charge >= 0.3 is 0 Å². The van der Waals surface area contributed by atoms with Crippen LogP contribution < -0.4 is 0 Å². The SMILES string of the molecule is C=C1CCCC/C1=C/C=C1\CCC[C@](C)(C[C@H](C)/C=C/CC2CC2)C1CC. The molecule has 1 unspecified atom stereocenters. The van der Waals surface area contributed by atoms with Gasteiger partial charge < -0.3 is 0 Å². The number of hydrogen-bond acceptors (Lipinski definition) is 0. The highest BCUT2D eigenvalue weighted by atomic mass is 14.4. The molecule has 0 N–H and O–H groups in total. The first-order chi connectivity index (χ1) is 13.0. The quantitative estimate of drug-likeness (QED) is 0.396. The van der Waals surface area contributed by atoms with Gasteiger partial charge in [-0.05, 0) is 106 Å². The zero-order chi connectivity index (χ0) is 19.3. The molecule has 0 spiro atoms. The molecule has 3 fully saturated rings. The molecular weight excluding hydrogens is 324 g/mol. The van der Waals surface area contributed by atoms with Gasteiger partial charge in [-0.25, -0.2) is 0 Å². The number of hydrogen-bond donors (Lipinski definition) is 0. The van der Waals surface area contributed by atoms with Crippen LogP contribution in [-0.2, 0) is 0 Å². The molecule has 3 saturated carbocycles. The Labute approximate surface area is 168 Å². The highest BCUT2D eigenvalue weighted by Crippen LogP contribution is 2.49. The van der Waals surface area contributed by atoms with Gasteiger partial charge in [0.1, 0.15) is 0 Å². The molecule has 0 heteroatoms. The molecule has 3 atom stereocenters. The van der Waals surface area contributed by atoms with Gasteiger partial charge in [-0.15, -0.1) is 0 Å². The van der Waals surface area contributed by atoms with Crippen molar-refractivity contribution in [3.05, 3.63) is 47.6 Å². The van der Waals surface area contributed by atoms with Crippen LogP contribution in [0.3, 0.4) is 0 Å². The smallest absolute Gasteiger partial charge is 0.0149 e. The molecule has 3 aliphatic carbocycles. The largest absolute Gasteiger partial charge is 0.0956 e. The third-order valence-electron chi connectivity index (χ3n) is 7.46. The molecule has 3 rings (SSSR count). The summed E-state index contributed by atoms with van der Waals surface area (Å²) in [5.74, 6) is 2.47. The van der Waals surface area contributed by atoms with Crippen molar-refractivity contribution >= 4 is 0 Å². The van der Waals surface area contributed by atoms with E-state index in [4.69, 9.17) is 0 Å². The molecule has 0 amide bonds. The van der Waals surface area contributed by atoms with Gasteiger partial charge in [0.05, 0.1) is 0 Å². The van der Waals surface area contributed by atoms with Crippen molar-refractivity contribution in [1.82, 2.24) is 0 Å². The molecule has 0 nitrogen and oxygen atoms in total. The summed E-state index contributed by atoms with van der Waals surface area (Å²) >= 11 is 0. The Kier molecular flexibility index (Phi) is 7.23. The van der Waals surface area contributed by atoms with Crippen molar-refractivity contribution < 1.29 is 0 Å². The summed E-state index contributed by atoms with van der Waals surface area (Å²) in [6.45, 7) is 11.7. The van der Waals surface area contributed by atoms with Crippen LogP contribution in [0, 0.1) is 23.2 Å². The summed E-state index contributed by atoms with van der Waals surface area (Å²) in [5, 5.41) is 0. The van der Waals surface area contributed by atoms with Crippen molar-refractivity contribution in [2.24, 2.45) is 23.2 Å². The fourth-order valence-electron chi connectivity index (χ4n) is 5.75. The summed E-state index contributed by atoms with van der Waals surface area (Å²) in [5.41, 5.74) is 5.09. The summed E-state index contributed by atoms with van der Waals surface area (Å²) in [4.78, 5) is 0. The van der Waals surface area contributed by atoms with Crippen LogP contribution in [0.25, 0.3) is 0 Å². The Hall–Kier alpha value is -1.04. The van der Waals surface area contributed by atoms with Crippen LogP contribution in [0.15, 0.2) is 47.6 Å². The first-order valence-corrected chi connectivity index (χ1v) is 11.8. The maximum atomic E-state index is 4.31. The van der Waals surface area contributed by atoms with Crippen LogP contribution in [0.2, 0.25) is 0 Å². The van der Waals surface area contributed by atoms with Gasteiger partial charge in [-0.3, -0.25) is 0 Å². The molecule has 0 bridgehead atoms. The zero-order valence-electron chi connectivity index (χ0n) is 18.2. The minimum atomic E-state index is 0.463. The van der Waals surface area contributed by atoms with Gasteiger partial charge in [0.2, 0.25) is 0 Å². The van der Waals surface area contributed by atoms with E-state index < -0.39 is 0 Å². The van der Waals surface area contributed by atoms with Gasteiger partial charge in [-0.1, -0.05) is 62.8 Å². The van der Waals surface area contributed by atoms with Crippen LogP contribution in [0.4, 0.5) is 0 Å².